The minimum atomic E-state index is -4.18. The third-order valence-corrected chi connectivity index (χ3v) is 8.48. The Morgan fingerprint density at radius 1 is 0.905 bits per heavy atom. The normalized spacial score (nSPS) is 12.0. The molecule has 0 saturated carbocycles. The van der Waals surface area contributed by atoms with Gasteiger partial charge in [-0.2, -0.15) is 0 Å². The quantitative estimate of drug-likeness (QED) is 0.160. The average Bonchev–Trinajstić information content (AvgIpc) is 3.51. The van der Waals surface area contributed by atoms with E-state index < -0.39 is 22.0 Å². The molecule has 216 valence electrons. The van der Waals surface area contributed by atoms with Gasteiger partial charge in [-0.3, -0.25) is 14.8 Å². The van der Waals surface area contributed by atoms with E-state index in [1.807, 2.05) is 23.6 Å². The number of sulfonamides is 1. The van der Waals surface area contributed by atoms with Gasteiger partial charge in [-0.25, -0.2) is 18.4 Å². The first-order valence-electron chi connectivity index (χ1n) is 12.7. The largest absolute Gasteiger partial charge is 0.497 e. The fourth-order valence-electron chi connectivity index (χ4n) is 4.22. The van der Waals surface area contributed by atoms with Crippen LogP contribution in [0.5, 0.6) is 11.5 Å². The number of nitrogens with one attached hydrogen (secondary N) is 3. The van der Waals surface area contributed by atoms with Gasteiger partial charge in [0.05, 0.1) is 30.1 Å². The monoisotopic (exact) mass is 604 g/mol. The lowest BCUT2D eigenvalue weighted by Gasteiger charge is -2.17. The van der Waals surface area contributed by atoms with Crippen molar-refractivity contribution in [3.63, 3.8) is 0 Å². The number of carbonyl (C=O) groups is 1. The molecular weight excluding hydrogens is 576 g/mol. The van der Waals surface area contributed by atoms with Gasteiger partial charge in [-0.05, 0) is 41.3 Å². The molecule has 0 saturated heterocycles. The zero-order valence-electron chi connectivity index (χ0n) is 22.7. The number of fused-ring (bicyclic) bond motifs is 1. The highest BCUT2D eigenvalue weighted by Gasteiger charge is 2.23. The zero-order valence-corrected chi connectivity index (χ0v) is 24.3. The summed E-state index contributed by atoms with van der Waals surface area (Å²) in [5.74, 6) is 0.566. The Bertz CT molecular complexity index is 1810. The number of methoxy groups -OCH3 is 2. The number of primary amides is 1. The topological polar surface area (TPSA) is 158 Å². The van der Waals surface area contributed by atoms with Crippen molar-refractivity contribution in [3.05, 3.63) is 94.7 Å². The number of hydrogen-bond donors (Lipinski definition) is 4. The Kier molecular flexibility index (Phi) is 8.52. The highest BCUT2D eigenvalue weighted by atomic mass is 32.2. The molecule has 5 rings (SSSR count). The first-order chi connectivity index (χ1) is 20.3. The van der Waals surface area contributed by atoms with Gasteiger partial charge in [0.2, 0.25) is 5.91 Å². The number of nitrogens with two attached hydrogens (primary N) is 1. The van der Waals surface area contributed by atoms with Gasteiger partial charge in [-0.15, -0.1) is 11.3 Å². The van der Waals surface area contributed by atoms with Gasteiger partial charge in [0.15, 0.2) is 11.6 Å². The van der Waals surface area contributed by atoms with Crippen LogP contribution in [0.3, 0.4) is 0 Å². The SMILES string of the molecule is COc1cc(Nc2nc3ccccc3nc2NS(=O)(=O)c2cccc(C(NCc3cccs3)C(N)=O)c2)cc(OC)c1. The Morgan fingerprint density at radius 3 is 2.21 bits per heavy atom. The van der Waals surface area contributed by atoms with E-state index in [9.17, 15) is 13.2 Å². The number of rotatable bonds is 12. The van der Waals surface area contributed by atoms with Crippen LogP contribution in [0.25, 0.3) is 11.0 Å². The zero-order chi connectivity index (χ0) is 29.7. The Hall–Kier alpha value is -4.72. The van der Waals surface area contributed by atoms with E-state index in [2.05, 4.69) is 25.3 Å². The fraction of sp³-hybridized carbons (Fsp3) is 0.138. The van der Waals surface area contributed by atoms with Crippen molar-refractivity contribution in [1.82, 2.24) is 15.3 Å². The van der Waals surface area contributed by atoms with Crippen molar-refractivity contribution in [2.45, 2.75) is 17.5 Å². The van der Waals surface area contributed by atoms with Crippen LogP contribution in [0, 0.1) is 0 Å². The molecule has 0 aliphatic heterocycles. The van der Waals surface area contributed by atoms with Gasteiger partial charge in [0, 0.05) is 35.3 Å². The number of hydrogen-bond acceptors (Lipinski definition) is 10. The number of carbonyl (C=O) groups excluding carboxylic acids is 1. The van der Waals surface area contributed by atoms with E-state index in [1.165, 1.54) is 37.7 Å². The van der Waals surface area contributed by atoms with Gasteiger partial charge in [0.25, 0.3) is 10.0 Å². The van der Waals surface area contributed by atoms with Crippen molar-refractivity contribution in [3.8, 4) is 11.5 Å². The number of para-hydroxylation sites is 2. The predicted octanol–water partition coefficient (Wildman–Crippen LogP) is 4.57. The summed E-state index contributed by atoms with van der Waals surface area (Å²) < 4.78 is 40.6. The molecule has 3 aromatic carbocycles. The highest BCUT2D eigenvalue weighted by Crippen LogP contribution is 2.31. The van der Waals surface area contributed by atoms with E-state index in [1.54, 1.807) is 48.5 Å². The summed E-state index contributed by atoms with van der Waals surface area (Å²) in [5, 5.41) is 8.17. The highest BCUT2D eigenvalue weighted by molar-refractivity contribution is 7.92. The van der Waals surface area contributed by atoms with Crippen LogP contribution in [0.15, 0.2) is 89.1 Å². The van der Waals surface area contributed by atoms with Crippen molar-refractivity contribution >= 4 is 55.6 Å². The number of thiophene rings is 1. The third-order valence-electron chi connectivity index (χ3n) is 6.26. The summed E-state index contributed by atoms with van der Waals surface area (Å²) in [6, 6.07) is 21.2. The molecule has 42 heavy (non-hydrogen) atoms. The summed E-state index contributed by atoms with van der Waals surface area (Å²) in [5.41, 5.74) is 7.67. The summed E-state index contributed by atoms with van der Waals surface area (Å²) in [7, 11) is -1.12. The minimum absolute atomic E-state index is 0.0249. The van der Waals surface area contributed by atoms with Crippen molar-refractivity contribution in [2.75, 3.05) is 24.3 Å². The Morgan fingerprint density at radius 2 is 1.60 bits per heavy atom. The van der Waals surface area contributed by atoms with Crippen LogP contribution < -0.4 is 30.6 Å². The third kappa shape index (κ3) is 6.60. The van der Waals surface area contributed by atoms with Crippen molar-refractivity contribution < 1.29 is 22.7 Å². The second-order valence-electron chi connectivity index (χ2n) is 9.11. The molecule has 0 aliphatic carbocycles. The Labute approximate surface area is 246 Å². The van der Waals surface area contributed by atoms with Crippen LogP contribution in [-0.4, -0.2) is 38.5 Å². The van der Waals surface area contributed by atoms with Crippen LogP contribution in [0.4, 0.5) is 17.3 Å². The number of amides is 1. The molecule has 13 heteroatoms. The number of ether oxygens (including phenoxy) is 2. The maximum absolute atomic E-state index is 13.7. The molecule has 0 fully saturated rings. The second-order valence-corrected chi connectivity index (χ2v) is 11.8. The van der Waals surface area contributed by atoms with Crippen molar-refractivity contribution in [1.29, 1.82) is 0 Å². The van der Waals surface area contributed by atoms with Crippen LogP contribution in [-0.2, 0) is 21.4 Å². The predicted molar refractivity (Wildman–Crippen MR) is 163 cm³/mol. The summed E-state index contributed by atoms with van der Waals surface area (Å²) in [6.45, 7) is 0.400. The van der Waals surface area contributed by atoms with E-state index in [0.717, 1.165) is 4.88 Å². The maximum atomic E-state index is 13.7. The molecule has 2 heterocycles. The standard InChI is InChI=1S/C29H28N6O5S2/c1-39-20-14-19(15-21(16-20)40-2)32-28-29(34-25-11-4-3-10-24(25)33-28)35-42(37,38)23-9-5-7-18(13-23)26(27(30)36)31-17-22-8-6-12-41-22/h3-16,26,31H,17H2,1-2H3,(H2,30,36)(H,32,33)(H,34,35). The molecule has 1 atom stereocenters. The molecule has 0 radical (unpaired) electrons. The smallest absolute Gasteiger partial charge is 0.263 e. The van der Waals surface area contributed by atoms with Gasteiger partial charge < -0.3 is 20.5 Å². The van der Waals surface area contributed by atoms with E-state index in [-0.39, 0.29) is 16.5 Å². The van der Waals surface area contributed by atoms with Gasteiger partial charge >= 0.3 is 0 Å². The van der Waals surface area contributed by atoms with Crippen LogP contribution in [0.2, 0.25) is 0 Å². The summed E-state index contributed by atoms with van der Waals surface area (Å²) in [4.78, 5) is 22.4. The molecule has 0 bridgehead atoms. The average molecular weight is 605 g/mol. The maximum Gasteiger partial charge on any atom is 0.263 e. The lowest BCUT2D eigenvalue weighted by Crippen LogP contribution is -2.33. The molecule has 0 aliphatic rings. The molecule has 1 amide bonds. The fourth-order valence-corrected chi connectivity index (χ4v) is 5.94. The van der Waals surface area contributed by atoms with E-state index >= 15 is 0 Å². The van der Waals surface area contributed by atoms with E-state index in [0.29, 0.717) is 40.3 Å². The molecule has 11 nitrogen and oxygen atoms in total. The number of anilines is 3. The molecule has 5 aromatic rings. The number of aromatic nitrogens is 2. The minimum Gasteiger partial charge on any atom is -0.497 e. The van der Waals surface area contributed by atoms with Crippen LogP contribution >= 0.6 is 11.3 Å². The van der Waals surface area contributed by atoms with Crippen molar-refractivity contribution in [2.24, 2.45) is 5.73 Å². The number of nitrogens with zero attached hydrogens (tertiary/aromatic N) is 2. The Balaban J connectivity index is 1.48. The van der Waals surface area contributed by atoms with Crippen LogP contribution in [0.1, 0.15) is 16.5 Å². The summed E-state index contributed by atoms with van der Waals surface area (Å²) in [6.07, 6.45) is 0. The lowest BCUT2D eigenvalue weighted by atomic mass is 10.1. The van der Waals surface area contributed by atoms with Gasteiger partial charge in [0.1, 0.15) is 17.5 Å². The first kappa shape index (κ1) is 28.8. The first-order valence-corrected chi connectivity index (χ1v) is 15.1. The molecular formula is C29H28N6O5S2. The molecule has 0 spiro atoms. The van der Waals surface area contributed by atoms with Gasteiger partial charge in [-0.1, -0.05) is 30.3 Å². The van der Waals surface area contributed by atoms with E-state index in [4.69, 9.17) is 15.2 Å². The summed E-state index contributed by atoms with van der Waals surface area (Å²) >= 11 is 1.53. The second kappa shape index (κ2) is 12.4. The molecule has 2 aromatic heterocycles. The molecule has 5 N–H and O–H groups in total. The lowest BCUT2D eigenvalue weighted by molar-refractivity contribution is -0.120. The number of benzene rings is 3. The molecule has 1 unspecified atom stereocenters.